The van der Waals surface area contributed by atoms with Gasteiger partial charge in [0.25, 0.3) is 5.92 Å². The van der Waals surface area contributed by atoms with Gasteiger partial charge in [0, 0.05) is 31.0 Å². The Labute approximate surface area is 290 Å². The van der Waals surface area contributed by atoms with Crippen LogP contribution >= 0.6 is 0 Å². The fraction of sp³-hybridized carbons (Fsp3) is 0.722. The lowest BCUT2D eigenvalue weighted by atomic mass is 9.88. The van der Waals surface area contributed by atoms with Gasteiger partial charge in [-0.2, -0.15) is 8.78 Å². The summed E-state index contributed by atoms with van der Waals surface area (Å²) in [5.41, 5.74) is -2.46. The number of alkyl halides is 2. The molecule has 1 aromatic carbocycles. The Kier molecular flexibility index (Phi) is 13.1. The lowest BCUT2D eigenvalue weighted by Gasteiger charge is -2.31. The van der Waals surface area contributed by atoms with E-state index in [1.807, 2.05) is 0 Å². The van der Waals surface area contributed by atoms with Gasteiger partial charge in [0.1, 0.15) is 22.6 Å². The quantitative estimate of drug-likeness (QED) is 0.268. The number of hydrogen-bond acceptors (Lipinski definition) is 8. The Bertz CT molecular complexity index is 1300. The van der Waals surface area contributed by atoms with E-state index in [1.165, 1.54) is 24.3 Å². The lowest BCUT2D eigenvalue weighted by Crippen LogP contribution is -2.44. The highest BCUT2D eigenvalue weighted by atomic mass is 19.3. The third-order valence-electron chi connectivity index (χ3n) is 7.74. The number of nitrogens with one attached hydrogen (secondary N) is 1. The second kappa shape index (κ2) is 16.0. The summed E-state index contributed by atoms with van der Waals surface area (Å²) in [6.45, 7) is 17.3. The molecular formula is C36H56F2N4O7. The molecule has 0 spiro atoms. The Hall–Kier alpha value is -3.48. The summed E-state index contributed by atoms with van der Waals surface area (Å²) in [5.74, 6) is -2.72. The molecule has 276 valence electrons. The molecule has 13 heteroatoms. The molecule has 2 aliphatic heterocycles. The van der Waals surface area contributed by atoms with Crippen molar-refractivity contribution >= 4 is 24.1 Å². The van der Waals surface area contributed by atoms with Gasteiger partial charge in [-0.1, -0.05) is 37.3 Å². The van der Waals surface area contributed by atoms with Crippen molar-refractivity contribution in [3.8, 4) is 0 Å². The molecular weight excluding hydrogens is 638 g/mol. The maximum Gasteiger partial charge on any atom is 0.413 e. The first-order valence-electron chi connectivity index (χ1n) is 17.1. The third-order valence-corrected chi connectivity index (χ3v) is 7.74. The third kappa shape index (κ3) is 13.7. The molecule has 4 unspecified atom stereocenters. The van der Waals surface area contributed by atoms with Crippen LogP contribution in [0, 0.1) is 11.8 Å². The summed E-state index contributed by atoms with van der Waals surface area (Å²) in [7, 11) is 0. The lowest BCUT2D eigenvalue weighted by molar-refractivity contribution is -0.0561. The molecule has 1 aromatic rings. The molecule has 1 N–H and O–H groups in total. The zero-order valence-electron chi connectivity index (χ0n) is 30.8. The second-order valence-electron chi connectivity index (χ2n) is 16.2. The van der Waals surface area contributed by atoms with Gasteiger partial charge in [0.05, 0.1) is 31.8 Å². The number of ether oxygens (including phenoxy) is 4. The minimum atomic E-state index is -3.33. The van der Waals surface area contributed by atoms with Gasteiger partial charge in [-0.3, -0.25) is 15.2 Å². The SMILES string of the molecule is CC1CC(NC(=O)OC(C)(C)C)=NC(CC2CN(C(=O)OC(C)(C)C)CC2OCCN(CC(F)(F)c2ccccc2)C(=O)OC(C)(C)C)C1. The summed E-state index contributed by atoms with van der Waals surface area (Å²) in [6.07, 6.45) is -0.471. The Morgan fingerprint density at radius 1 is 0.918 bits per heavy atom. The molecule has 3 amide bonds. The van der Waals surface area contributed by atoms with Crippen molar-refractivity contribution in [3.05, 3.63) is 35.9 Å². The van der Waals surface area contributed by atoms with Crippen molar-refractivity contribution in [1.29, 1.82) is 0 Å². The number of aliphatic imine (C=N–C) groups is 1. The number of benzene rings is 1. The number of nitrogens with zero attached hydrogens (tertiary/aromatic N) is 3. The van der Waals surface area contributed by atoms with Gasteiger partial charge in [0.2, 0.25) is 0 Å². The number of carbonyl (C=O) groups excluding carboxylic acids is 3. The predicted octanol–water partition coefficient (Wildman–Crippen LogP) is 7.38. The molecule has 11 nitrogen and oxygen atoms in total. The molecule has 1 saturated heterocycles. The Morgan fingerprint density at radius 3 is 2.12 bits per heavy atom. The highest BCUT2D eigenvalue weighted by molar-refractivity contribution is 5.96. The first kappa shape index (κ1) is 40.0. The van der Waals surface area contributed by atoms with Crippen LogP contribution in [0.15, 0.2) is 35.3 Å². The van der Waals surface area contributed by atoms with Crippen LogP contribution in [0.5, 0.6) is 0 Å². The van der Waals surface area contributed by atoms with Crippen molar-refractivity contribution < 1.29 is 42.1 Å². The average molecular weight is 695 g/mol. The minimum Gasteiger partial charge on any atom is -0.444 e. The van der Waals surface area contributed by atoms with Gasteiger partial charge >= 0.3 is 18.3 Å². The molecule has 49 heavy (non-hydrogen) atoms. The molecule has 0 aliphatic carbocycles. The zero-order valence-corrected chi connectivity index (χ0v) is 30.8. The molecule has 3 rings (SSSR count). The molecule has 0 radical (unpaired) electrons. The fourth-order valence-corrected chi connectivity index (χ4v) is 5.83. The van der Waals surface area contributed by atoms with E-state index in [2.05, 4.69) is 12.2 Å². The summed E-state index contributed by atoms with van der Waals surface area (Å²) in [6, 6.07) is 7.17. The van der Waals surface area contributed by atoms with Gasteiger partial charge in [0.15, 0.2) is 0 Å². The number of alkyl carbamates (subject to hydrolysis) is 1. The Morgan fingerprint density at radius 2 is 1.53 bits per heavy atom. The van der Waals surface area contributed by atoms with E-state index < -0.39 is 53.7 Å². The van der Waals surface area contributed by atoms with Crippen LogP contribution in [0.4, 0.5) is 23.2 Å². The molecule has 0 aromatic heterocycles. The highest BCUT2D eigenvalue weighted by Crippen LogP contribution is 2.32. The van der Waals surface area contributed by atoms with E-state index >= 15 is 8.78 Å². The van der Waals surface area contributed by atoms with E-state index in [4.69, 9.17) is 23.9 Å². The Balaban J connectivity index is 1.77. The maximum absolute atomic E-state index is 15.4. The first-order chi connectivity index (χ1) is 22.5. The number of hydrogen-bond donors (Lipinski definition) is 1. The van der Waals surface area contributed by atoms with E-state index in [1.54, 1.807) is 73.3 Å². The summed E-state index contributed by atoms with van der Waals surface area (Å²) in [4.78, 5) is 46.0. The number of carbonyl (C=O) groups is 3. The smallest absolute Gasteiger partial charge is 0.413 e. The molecule has 2 aliphatic rings. The topological polar surface area (TPSA) is 119 Å². The van der Waals surface area contributed by atoms with Gasteiger partial charge in [-0.25, -0.2) is 14.4 Å². The van der Waals surface area contributed by atoms with Gasteiger partial charge in [-0.15, -0.1) is 0 Å². The molecule has 1 fully saturated rings. The van der Waals surface area contributed by atoms with Crippen molar-refractivity contribution in [2.24, 2.45) is 16.8 Å². The van der Waals surface area contributed by atoms with Crippen LogP contribution in [0.1, 0.15) is 94.1 Å². The highest BCUT2D eigenvalue weighted by Gasteiger charge is 2.41. The number of rotatable bonds is 9. The normalized spacial score (nSPS) is 21.9. The number of amides is 3. The molecule has 4 atom stereocenters. The number of amidine groups is 1. The number of halogens is 2. The van der Waals surface area contributed by atoms with E-state index in [0.717, 1.165) is 11.3 Å². The molecule has 0 bridgehead atoms. The van der Waals surface area contributed by atoms with E-state index in [-0.39, 0.29) is 43.1 Å². The predicted molar refractivity (Wildman–Crippen MR) is 183 cm³/mol. The van der Waals surface area contributed by atoms with Crippen LogP contribution < -0.4 is 5.32 Å². The summed E-state index contributed by atoms with van der Waals surface area (Å²) >= 11 is 0. The van der Waals surface area contributed by atoms with Crippen LogP contribution in [0.3, 0.4) is 0 Å². The first-order valence-corrected chi connectivity index (χ1v) is 17.1. The summed E-state index contributed by atoms with van der Waals surface area (Å²) < 4.78 is 53.5. The minimum absolute atomic E-state index is 0.0662. The summed E-state index contributed by atoms with van der Waals surface area (Å²) in [5, 5.41) is 2.79. The van der Waals surface area contributed by atoms with Gasteiger partial charge < -0.3 is 23.8 Å². The zero-order chi connectivity index (χ0) is 36.8. The van der Waals surface area contributed by atoms with Crippen molar-refractivity contribution in [1.82, 2.24) is 15.1 Å². The van der Waals surface area contributed by atoms with Crippen LogP contribution in [0.2, 0.25) is 0 Å². The molecule has 2 heterocycles. The van der Waals surface area contributed by atoms with Crippen molar-refractivity contribution in [2.45, 2.75) is 123 Å². The van der Waals surface area contributed by atoms with E-state index in [0.29, 0.717) is 25.2 Å². The largest absolute Gasteiger partial charge is 0.444 e. The van der Waals surface area contributed by atoms with Crippen molar-refractivity contribution in [2.75, 3.05) is 32.8 Å². The van der Waals surface area contributed by atoms with Crippen LogP contribution in [-0.2, 0) is 24.9 Å². The fourth-order valence-electron chi connectivity index (χ4n) is 5.83. The van der Waals surface area contributed by atoms with Crippen LogP contribution in [-0.4, -0.2) is 95.7 Å². The van der Waals surface area contributed by atoms with Gasteiger partial charge in [-0.05, 0) is 81.1 Å². The average Bonchev–Trinajstić information content (AvgIpc) is 3.32. The maximum atomic E-state index is 15.4. The van der Waals surface area contributed by atoms with E-state index in [9.17, 15) is 14.4 Å². The molecule has 0 saturated carbocycles. The van der Waals surface area contributed by atoms with Crippen LogP contribution in [0.25, 0.3) is 0 Å². The standard InChI is InChI=1S/C36H56F2N4O7/c1-24-18-27(39-29(19-24)40-30(43)47-33(2,3)4)20-25-21-42(32(45)49-35(8,9)10)22-28(25)46-17-16-41(31(44)48-34(5,6)7)23-36(37,38)26-14-12-11-13-15-26/h11-15,24-25,27-28H,16-23H2,1-10H3,(H,39,40,43). The second-order valence-corrected chi connectivity index (χ2v) is 16.2. The van der Waals surface area contributed by atoms with Crippen molar-refractivity contribution in [3.63, 3.8) is 0 Å². The number of likely N-dealkylation sites (tertiary alicyclic amines) is 1. The monoisotopic (exact) mass is 694 g/mol.